The van der Waals surface area contributed by atoms with E-state index in [2.05, 4.69) is 31.2 Å². The molecule has 134 valence electrons. The lowest BCUT2D eigenvalue weighted by molar-refractivity contribution is 1.37. The van der Waals surface area contributed by atoms with Gasteiger partial charge in [0, 0.05) is 16.1 Å². The van der Waals surface area contributed by atoms with Crippen LogP contribution in [0.25, 0.3) is 21.8 Å². The molecule has 4 rings (SSSR count). The second-order valence-corrected chi connectivity index (χ2v) is 8.38. The van der Waals surface area contributed by atoms with Gasteiger partial charge in [-0.05, 0) is 30.5 Å². The number of thiophene rings is 1. The van der Waals surface area contributed by atoms with Gasteiger partial charge in [0.2, 0.25) is 0 Å². The van der Waals surface area contributed by atoms with Gasteiger partial charge in [0.05, 0.1) is 4.88 Å². The largest absolute Gasteiger partial charge is 0.382 e. The maximum Gasteiger partial charge on any atom is 0.146 e. The van der Waals surface area contributed by atoms with Crippen LogP contribution < -0.4 is 5.73 Å². The van der Waals surface area contributed by atoms with Crippen molar-refractivity contribution in [1.82, 2.24) is 4.98 Å². The molecule has 3 nitrogen and oxygen atoms in total. The van der Waals surface area contributed by atoms with E-state index < -0.39 is 0 Å². The molecule has 0 aliphatic carbocycles. The molecule has 0 unspecified atom stereocenters. The Morgan fingerprint density at radius 2 is 1.70 bits per heavy atom. The summed E-state index contributed by atoms with van der Waals surface area (Å²) in [5, 5.41) is 4.38. The number of nitrogens with zero attached hydrogens (tertiary/aromatic N) is 2. The molecule has 2 aromatic heterocycles. The fourth-order valence-electron chi connectivity index (χ4n) is 2.59. The van der Waals surface area contributed by atoms with E-state index in [1.165, 1.54) is 16.9 Å². The Morgan fingerprint density at radius 1 is 1.00 bits per heavy atom. The Kier molecular flexibility index (Phi) is 5.07. The second-order valence-electron chi connectivity index (χ2n) is 6.02. The first-order chi connectivity index (χ1) is 13.1. The highest BCUT2D eigenvalue weighted by atomic mass is 35.5. The van der Waals surface area contributed by atoms with Crippen LogP contribution in [-0.2, 0) is 0 Å². The molecule has 0 aliphatic heterocycles. The minimum Gasteiger partial charge on any atom is -0.382 e. The van der Waals surface area contributed by atoms with E-state index in [9.17, 15) is 0 Å². The van der Waals surface area contributed by atoms with E-state index in [4.69, 9.17) is 27.3 Å². The first-order valence-corrected chi connectivity index (χ1v) is 10.4. The third kappa shape index (κ3) is 3.95. The van der Waals surface area contributed by atoms with Crippen LogP contribution in [0.5, 0.6) is 0 Å². The Morgan fingerprint density at radius 3 is 2.37 bits per heavy atom. The quantitative estimate of drug-likeness (QED) is 0.307. The number of rotatable bonds is 4. The van der Waals surface area contributed by atoms with Gasteiger partial charge in [-0.1, -0.05) is 71.0 Å². The molecular formula is C21H16ClN3S2. The first-order valence-electron chi connectivity index (χ1n) is 8.32. The van der Waals surface area contributed by atoms with Crippen LogP contribution >= 0.6 is 34.3 Å². The lowest BCUT2D eigenvalue weighted by Gasteiger charge is -2.01. The summed E-state index contributed by atoms with van der Waals surface area (Å²) < 4.78 is 0. The highest BCUT2D eigenvalue weighted by Gasteiger charge is 2.15. The molecule has 2 aromatic carbocycles. The lowest BCUT2D eigenvalue weighted by Crippen LogP contribution is -2.10. The number of aryl methyl sites for hydroxylation is 1. The predicted octanol–water partition coefficient (Wildman–Crippen LogP) is 6.54. The fourth-order valence-corrected chi connectivity index (χ4v) is 4.32. The van der Waals surface area contributed by atoms with Crippen molar-refractivity contribution in [3.63, 3.8) is 0 Å². The normalized spacial score (nSPS) is 11.7. The monoisotopic (exact) mass is 409 g/mol. The fraction of sp³-hybridized carbons (Fsp3) is 0.0476. The van der Waals surface area contributed by atoms with Crippen LogP contribution in [0.15, 0.2) is 71.0 Å². The van der Waals surface area contributed by atoms with Crippen LogP contribution in [0.3, 0.4) is 0 Å². The molecule has 0 bridgehead atoms. The summed E-state index contributed by atoms with van der Waals surface area (Å²) in [4.78, 5) is 10.5. The third-order valence-corrected chi connectivity index (χ3v) is 6.16. The molecule has 0 spiro atoms. The van der Waals surface area contributed by atoms with Gasteiger partial charge < -0.3 is 5.73 Å². The Bertz CT molecular complexity index is 1080. The van der Waals surface area contributed by atoms with Gasteiger partial charge in [-0.15, -0.1) is 11.3 Å². The molecule has 0 amide bonds. The number of halogens is 1. The van der Waals surface area contributed by atoms with E-state index in [1.54, 1.807) is 11.3 Å². The highest BCUT2D eigenvalue weighted by Crippen LogP contribution is 2.40. The molecule has 6 heteroatoms. The summed E-state index contributed by atoms with van der Waals surface area (Å²) in [6.07, 6.45) is 0. The van der Waals surface area contributed by atoms with E-state index in [-0.39, 0.29) is 0 Å². The molecule has 4 aromatic rings. The molecule has 0 fully saturated rings. The number of amidine groups is 1. The standard InChI is InChI=1S/C21H16ClN3S2/c1-13-4-6-14(7-5-13)18-21(25-19(23)17-3-2-12-26-17)27-20(24-18)15-8-10-16(22)11-9-15/h2-12H,1H3,(H2,23,25). The van der Waals surface area contributed by atoms with Crippen molar-refractivity contribution in [1.29, 1.82) is 0 Å². The van der Waals surface area contributed by atoms with Crippen LogP contribution in [-0.4, -0.2) is 10.8 Å². The SMILES string of the molecule is Cc1ccc(-c2nc(-c3ccc(Cl)cc3)sc2/N=C(\N)c2cccs2)cc1. The summed E-state index contributed by atoms with van der Waals surface area (Å²) >= 11 is 9.12. The van der Waals surface area contributed by atoms with Crippen LogP contribution in [0.2, 0.25) is 5.02 Å². The summed E-state index contributed by atoms with van der Waals surface area (Å²) in [6, 6.07) is 19.9. The minimum absolute atomic E-state index is 0.504. The zero-order chi connectivity index (χ0) is 18.8. The second kappa shape index (κ2) is 7.64. The van der Waals surface area contributed by atoms with Crippen molar-refractivity contribution in [2.24, 2.45) is 10.7 Å². The van der Waals surface area contributed by atoms with Crippen LogP contribution in [0, 0.1) is 6.92 Å². The van der Waals surface area contributed by atoms with Crippen molar-refractivity contribution < 1.29 is 0 Å². The van der Waals surface area contributed by atoms with Crippen molar-refractivity contribution in [3.8, 4) is 21.8 Å². The highest BCUT2D eigenvalue weighted by molar-refractivity contribution is 7.19. The molecule has 2 N–H and O–H groups in total. The molecule has 0 atom stereocenters. The topological polar surface area (TPSA) is 51.3 Å². The van der Waals surface area contributed by atoms with E-state index >= 15 is 0 Å². The zero-order valence-corrected chi connectivity index (χ0v) is 16.9. The maximum atomic E-state index is 6.23. The number of hydrogen-bond donors (Lipinski definition) is 1. The first kappa shape index (κ1) is 17.9. The summed E-state index contributed by atoms with van der Waals surface area (Å²) in [5.41, 5.74) is 10.3. The maximum absolute atomic E-state index is 6.23. The van der Waals surface area contributed by atoms with Gasteiger partial charge in [-0.3, -0.25) is 0 Å². The van der Waals surface area contributed by atoms with Gasteiger partial charge in [-0.2, -0.15) is 0 Å². The molecule has 0 aliphatic rings. The Balaban J connectivity index is 1.83. The van der Waals surface area contributed by atoms with Crippen molar-refractivity contribution in [2.45, 2.75) is 6.92 Å². The van der Waals surface area contributed by atoms with E-state index in [0.717, 1.165) is 31.7 Å². The summed E-state index contributed by atoms with van der Waals surface area (Å²) in [6.45, 7) is 2.07. The number of aliphatic imine (C=N–C) groups is 1. The smallest absolute Gasteiger partial charge is 0.146 e. The van der Waals surface area contributed by atoms with Crippen molar-refractivity contribution >= 4 is 45.1 Å². The van der Waals surface area contributed by atoms with Gasteiger partial charge in [0.1, 0.15) is 21.5 Å². The Hall–Kier alpha value is -2.47. The van der Waals surface area contributed by atoms with Crippen molar-refractivity contribution in [3.05, 3.63) is 81.5 Å². The molecule has 2 heterocycles. The van der Waals surface area contributed by atoms with Gasteiger partial charge in [-0.25, -0.2) is 9.98 Å². The number of nitrogens with two attached hydrogens (primary N) is 1. The van der Waals surface area contributed by atoms with E-state index in [1.807, 2.05) is 41.8 Å². The lowest BCUT2D eigenvalue weighted by atomic mass is 10.1. The Labute approximate surface area is 170 Å². The van der Waals surface area contributed by atoms with Crippen molar-refractivity contribution in [2.75, 3.05) is 0 Å². The van der Waals surface area contributed by atoms with E-state index in [0.29, 0.717) is 10.9 Å². The van der Waals surface area contributed by atoms with Gasteiger partial charge in [0.25, 0.3) is 0 Å². The number of aromatic nitrogens is 1. The average molecular weight is 410 g/mol. The summed E-state index contributed by atoms with van der Waals surface area (Å²) in [5.74, 6) is 0.504. The van der Waals surface area contributed by atoms with Crippen LogP contribution in [0.1, 0.15) is 10.4 Å². The average Bonchev–Trinajstić information content (AvgIpc) is 3.33. The zero-order valence-electron chi connectivity index (χ0n) is 14.5. The molecule has 0 radical (unpaired) electrons. The number of thiazole rings is 1. The summed E-state index contributed by atoms with van der Waals surface area (Å²) in [7, 11) is 0. The van der Waals surface area contributed by atoms with Gasteiger partial charge in [0.15, 0.2) is 0 Å². The molecule has 27 heavy (non-hydrogen) atoms. The van der Waals surface area contributed by atoms with Crippen LogP contribution in [0.4, 0.5) is 5.00 Å². The predicted molar refractivity (Wildman–Crippen MR) is 117 cm³/mol. The van der Waals surface area contributed by atoms with Gasteiger partial charge >= 0.3 is 0 Å². The molecule has 0 saturated heterocycles. The molecule has 0 saturated carbocycles. The number of benzene rings is 2. The number of hydrogen-bond acceptors (Lipinski definition) is 4. The third-order valence-electron chi connectivity index (χ3n) is 4.02. The minimum atomic E-state index is 0.504. The molecular weight excluding hydrogens is 394 g/mol.